The highest BCUT2D eigenvalue weighted by Crippen LogP contribution is 2.04. The Morgan fingerprint density at radius 3 is 2.23 bits per heavy atom. The van der Waals surface area contributed by atoms with Crippen molar-refractivity contribution in [2.75, 3.05) is 19.6 Å². The van der Waals surface area contributed by atoms with Crippen LogP contribution < -0.4 is 5.73 Å². The third-order valence-electron chi connectivity index (χ3n) is 2.25. The van der Waals surface area contributed by atoms with Crippen LogP contribution in [0.4, 0.5) is 0 Å². The molecule has 0 saturated carbocycles. The zero-order valence-corrected chi connectivity index (χ0v) is 9.71. The van der Waals surface area contributed by atoms with Gasteiger partial charge in [-0.3, -0.25) is 0 Å². The number of nitrogens with two attached hydrogens (primary N) is 1. The molecule has 0 aromatic carbocycles. The van der Waals surface area contributed by atoms with E-state index in [1.54, 1.807) is 0 Å². The monoisotopic (exact) mass is 186 g/mol. The zero-order chi connectivity index (χ0) is 10.3. The summed E-state index contributed by atoms with van der Waals surface area (Å²) in [6.45, 7) is 12.3. The van der Waals surface area contributed by atoms with Gasteiger partial charge in [-0.1, -0.05) is 27.7 Å². The van der Waals surface area contributed by atoms with E-state index in [9.17, 15) is 0 Å². The molecule has 0 aromatic rings. The van der Waals surface area contributed by atoms with Gasteiger partial charge in [0.1, 0.15) is 0 Å². The highest BCUT2D eigenvalue weighted by molar-refractivity contribution is 4.68. The Hall–Kier alpha value is -0.0800. The molecule has 0 radical (unpaired) electrons. The summed E-state index contributed by atoms with van der Waals surface area (Å²) in [4.78, 5) is 2.44. The smallest absolute Gasteiger partial charge is 0.0170 e. The van der Waals surface area contributed by atoms with Crippen LogP contribution in [-0.2, 0) is 0 Å². The molecule has 0 aromatic heterocycles. The van der Waals surface area contributed by atoms with E-state index in [0.29, 0.717) is 6.04 Å². The molecular weight excluding hydrogens is 160 g/mol. The van der Waals surface area contributed by atoms with Gasteiger partial charge in [0.2, 0.25) is 0 Å². The van der Waals surface area contributed by atoms with Crippen LogP contribution in [0.15, 0.2) is 0 Å². The number of nitrogens with zero attached hydrogens (tertiary/aromatic N) is 1. The second kappa shape index (κ2) is 7.34. The lowest BCUT2D eigenvalue weighted by Crippen LogP contribution is -2.38. The first-order valence-corrected chi connectivity index (χ1v) is 5.58. The molecule has 0 fully saturated rings. The van der Waals surface area contributed by atoms with Crippen molar-refractivity contribution in [3.05, 3.63) is 0 Å². The van der Waals surface area contributed by atoms with Crippen LogP contribution in [0.2, 0.25) is 0 Å². The van der Waals surface area contributed by atoms with Gasteiger partial charge in [-0.15, -0.1) is 0 Å². The molecular formula is C11H26N2. The second-order valence-electron chi connectivity index (χ2n) is 4.28. The van der Waals surface area contributed by atoms with E-state index in [1.807, 2.05) is 0 Å². The fraction of sp³-hybridized carbons (Fsp3) is 1.00. The molecule has 13 heavy (non-hydrogen) atoms. The second-order valence-corrected chi connectivity index (χ2v) is 4.28. The highest BCUT2D eigenvalue weighted by atomic mass is 15.1. The molecule has 2 heteroatoms. The summed E-state index contributed by atoms with van der Waals surface area (Å²) in [5.41, 5.74) is 6.04. The number of likely N-dealkylation sites (N-methyl/N-ethyl adjacent to an activating group) is 1. The first kappa shape index (κ1) is 12.9. The maximum Gasteiger partial charge on any atom is 0.0170 e. The van der Waals surface area contributed by atoms with Crippen molar-refractivity contribution in [1.29, 1.82) is 0 Å². The van der Waals surface area contributed by atoms with E-state index < -0.39 is 0 Å². The first-order chi connectivity index (χ1) is 6.10. The molecule has 0 rings (SSSR count). The molecule has 0 aliphatic carbocycles. The van der Waals surface area contributed by atoms with Crippen LogP contribution >= 0.6 is 0 Å². The fourth-order valence-corrected chi connectivity index (χ4v) is 1.71. The fourth-order valence-electron chi connectivity index (χ4n) is 1.71. The van der Waals surface area contributed by atoms with Crippen molar-refractivity contribution in [3.8, 4) is 0 Å². The summed E-state index contributed by atoms with van der Waals surface area (Å²) in [6.07, 6.45) is 2.36. The average Bonchev–Trinajstić information content (AvgIpc) is 2.02. The van der Waals surface area contributed by atoms with Crippen LogP contribution in [0.25, 0.3) is 0 Å². The predicted octanol–water partition coefficient (Wildman–Crippen LogP) is 2.09. The van der Waals surface area contributed by atoms with Crippen molar-refractivity contribution in [2.45, 2.75) is 46.6 Å². The Kier molecular flexibility index (Phi) is 7.29. The van der Waals surface area contributed by atoms with E-state index in [0.717, 1.165) is 25.4 Å². The summed E-state index contributed by atoms with van der Waals surface area (Å²) in [5, 5.41) is 0. The maximum absolute atomic E-state index is 6.04. The Bertz CT molecular complexity index is 113. The normalized spacial score (nSPS) is 14.1. The standard InChI is InChI=1S/C11H26N2/c1-5-7-13(6-2)9-11(12)8-10(3)4/h10-11H,5-9,12H2,1-4H3/t11-/m1/s1. The highest BCUT2D eigenvalue weighted by Gasteiger charge is 2.09. The molecule has 0 spiro atoms. The van der Waals surface area contributed by atoms with Gasteiger partial charge in [0.05, 0.1) is 0 Å². The van der Waals surface area contributed by atoms with Crippen molar-refractivity contribution in [3.63, 3.8) is 0 Å². The Balaban J connectivity index is 3.65. The summed E-state index contributed by atoms with van der Waals surface area (Å²) >= 11 is 0. The summed E-state index contributed by atoms with van der Waals surface area (Å²) < 4.78 is 0. The minimum Gasteiger partial charge on any atom is -0.327 e. The third-order valence-corrected chi connectivity index (χ3v) is 2.25. The Morgan fingerprint density at radius 1 is 1.23 bits per heavy atom. The molecule has 80 valence electrons. The van der Waals surface area contributed by atoms with E-state index >= 15 is 0 Å². The predicted molar refractivity (Wildman–Crippen MR) is 59.8 cm³/mol. The van der Waals surface area contributed by atoms with Gasteiger partial charge in [0.25, 0.3) is 0 Å². The number of hydrogen-bond donors (Lipinski definition) is 1. The lowest BCUT2D eigenvalue weighted by molar-refractivity contribution is 0.258. The molecule has 2 nitrogen and oxygen atoms in total. The average molecular weight is 186 g/mol. The molecule has 0 saturated heterocycles. The number of rotatable bonds is 7. The molecule has 0 amide bonds. The van der Waals surface area contributed by atoms with E-state index in [2.05, 4.69) is 32.6 Å². The van der Waals surface area contributed by atoms with Gasteiger partial charge >= 0.3 is 0 Å². The molecule has 1 atom stereocenters. The van der Waals surface area contributed by atoms with E-state index in [4.69, 9.17) is 5.73 Å². The third kappa shape index (κ3) is 7.03. The molecule has 0 aliphatic heterocycles. The van der Waals surface area contributed by atoms with Crippen molar-refractivity contribution in [2.24, 2.45) is 11.7 Å². The minimum absolute atomic E-state index is 0.353. The first-order valence-electron chi connectivity index (χ1n) is 5.58. The quantitative estimate of drug-likeness (QED) is 0.659. The largest absolute Gasteiger partial charge is 0.327 e. The summed E-state index contributed by atoms with van der Waals surface area (Å²) in [6, 6.07) is 0.353. The zero-order valence-electron chi connectivity index (χ0n) is 9.71. The van der Waals surface area contributed by atoms with Crippen LogP contribution in [0.5, 0.6) is 0 Å². The summed E-state index contributed by atoms with van der Waals surface area (Å²) in [7, 11) is 0. The topological polar surface area (TPSA) is 29.3 Å². The lowest BCUT2D eigenvalue weighted by Gasteiger charge is -2.24. The SMILES string of the molecule is CCCN(CC)C[C@H](N)CC(C)C. The minimum atomic E-state index is 0.353. The van der Waals surface area contributed by atoms with Crippen LogP contribution in [0, 0.1) is 5.92 Å². The molecule has 0 bridgehead atoms. The summed E-state index contributed by atoms with van der Waals surface area (Å²) in [5.74, 6) is 0.718. The Labute approximate surface area is 83.5 Å². The van der Waals surface area contributed by atoms with Crippen LogP contribution in [0.3, 0.4) is 0 Å². The Morgan fingerprint density at radius 2 is 1.85 bits per heavy atom. The van der Waals surface area contributed by atoms with Crippen LogP contribution in [-0.4, -0.2) is 30.6 Å². The molecule has 2 N–H and O–H groups in total. The van der Waals surface area contributed by atoms with E-state index in [1.165, 1.54) is 13.0 Å². The van der Waals surface area contributed by atoms with Crippen molar-refractivity contribution < 1.29 is 0 Å². The van der Waals surface area contributed by atoms with Crippen molar-refractivity contribution >= 4 is 0 Å². The van der Waals surface area contributed by atoms with Gasteiger partial charge in [-0.25, -0.2) is 0 Å². The molecule has 0 aliphatic rings. The molecule has 0 heterocycles. The lowest BCUT2D eigenvalue weighted by atomic mass is 10.0. The van der Waals surface area contributed by atoms with Gasteiger partial charge in [-0.05, 0) is 31.8 Å². The van der Waals surface area contributed by atoms with E-state index in [-0.39, 0.29) is 0 Å². The van der Waals surface area contributed by atoms with Crippen LogP contribution in [0.1, 0.15) is 40.5 Å². The van der Waals surface area contributed by atoms with Crippen molar-refractivity contribution in [1.82, 2.24) is 4.90 Å². The van der Waals surface area contributed by atoms with Gasteiger partial charge < -0.3 is 10.6 Å². The molecule has 0 unspecified atom stereocenters. The number of hydrogen-bond acceptors (Lipinski definition) is 2. The van der Waals surface area contributed by atoms with Gasteiger partial charge in [0, 0.05) is 12.6 Å². The van der Waals surface area contributed by atoms with Gasteiger partial charge in [-0.2, -0.15) is 0 Å². The van der Waals surface area contributed by atoms with Gasteiger partial charge in [0.15, 0.2) is 0 Å². The maximum atomic E-state index is 6.04.